The van der Waals surface area contributed by atoms with Crippen LogP contribution in [0.25, 0.3) is 22.3 Å². The summed E-state index contributed by atoms with van der Waals surface area (Å²) in [5.74, 6) is 1.13. The second-order valence-electron chi connectivity index (χ2n) is 13.0. The molecule has 0 heterocycles. The van der Waals surface area contributed by atoms with Crippen LogP contribution in [0, 0.1) is 0 Å². The molecule has 0 saturated heterocycles. The van der Waals surface area contributed by atoms with Crippen molar-refractivity contribution in [1.82, 2.24) is 0 Å². The molecular formula is C51H46N4. The minimum absolute atomic E-state index is 0.437. The summed E-state index contributed by atoms with van der Waals surface area (Å²) >= 11 is 0. The van der Waals surface area contributed by atoms with E-state index in [1.807, 2.05) is 56.5 Å². The molecule has 0 radical (unpaired) electrons. The first-order chi connectivity index (χ1) is 27.1. The van der Waals surface area contributed by atoms with Gasteiger partial charge in [-0.3, -0.25) is 9.98 Å². The molecule has 2 aliphatic carbocycles. The van der Waals surface area contributed by atoms with Gasteiger partial charge in [-0.2, -0.15) is 0 Å². The Balaban J connectivity index is 0.00000166. The Kier molecular flexibility index (Phi) is 13.0. The van der Waals surface area contributed by atoms with Gasteiger partial charge < -0.3 is 0 Å². The molecule has 55 heavy (non-hydrogen) atoms. The van der Waals surface area contributed by atoms with Crippen molar-refractivity contribution < 1.29 is 0 Å². The summed E-state index contributed by atoms with van der Waals surface area (Å²) in [5, 5.41) is 0. The van der Waals surface area contributed by atoms with E-state index in [0.29, 0.717) is 18.2 Å². The maximum atomic E-state index is 5.17. The van der Waals surface area contributed by atoms with Gasteiger partial charge in [0.05, 0.1) is 12.0 Å². The summed E-state index contributed by atoms with van der Waals surface area (Å²) in [7, 11) is 0. The molecule has 0 N–H and O–H groups in total. The SMILES string of the molecule is C=CC.C=NC(=NC(=NCc1ccc2c(c1)C(/C=C/C=N\C=C/C)(c1ccccc1)c1ccccc1-2)C1=CC=CCC=C1)c1ccc(-c2ccccc2)cc1. The Labute approximate surface area is 326 Å². The summed E-state index contributed by atoms with van der Waals surface area (Å²) in [6, 6.07) is 44.8. The number of rotatable bonds is 9. The average molecular weight is 715 g/mol. The number of hydrogen-bond donors (Lipinski definition) is 0. The first-order valence-electron chi connectivity index (χ1n) is 18.6. The van der Waals surface area contributed by atoms with Crippen LogP contribution in [0.3, 0.4) is 0 Å². The molecule has 0 bridgehead atoms. The van der Waals surface area contributed by atoms with E-state index in [4.69, 9.17) is 9.98 Å². The first kappa shape index (κ1) is 38.0. The normalized spacial score (nSPS) is 16.4. The molecule has 1 unspecified atom stereocenters. The molecule has 0 fully saturated rings. The van der Waals surface area contributed by atoms with Gasteiger partial charge >= 0.3 is 0 Å². The fourth-order valence-corrected chi connectivity index (χ4v) is 6.94. The predicted molar refractivity (Wildman–Crippen MR) is 237 cm³/mol. The smallest absolute Gasteiger partial charge is 0.161 e. The highest BCUT2D eigenvalue weighted by Gasteiger charge is 2.42. The number of nitrogens with zero attached hydrogens (tertiary/aromatic N) is 4. The van der Waals surface area contributed by atoms with E-state index in [1.165, 1.54) is 27.8 Å². The van der Waals surface area contributed by atoms with Gasteiger partial charge in [-0.05, 0) is 77.6 Å². The summed E-state index contributed by atoms with van der Waals surface area (Å²) in [6.45, 7) is 11.5. The number of benzene rings is 5. The molecule has 0 amide bonds. The van der Waals surface area contributed by atoms with Crippen LogP contribution in [0.4, 0.5) is 0 Å². The maximum absolute atomic E-state index is 5.17. The van der Waals surface area contributed by atoms with Crippen LogP contribution < -0.4 is 0 Å². The quantitative estimate of drug-likeness (QED) is 0.0829. The Morgan fingerprint density at radius 2 is 1.44 bits per heavy atom. The molecule has 270 valence electrons. The maximum Gasteiger partial charge on any atom is 0.161 e. The molecule has 0 aromatic heterocycles. The molecule has 0 spiro atoms. The second-order valence-corrected chi connectivity index (χ2v) is 13.0. The highest BCUT2D eigenvalue weighted by Crippen LogP contribution is 2.53. The van der Waals surface area contributed by atoms with Crippen LogP contribution >= 0.6 is 0 Å². The molecular weight excluding hydrogens is 669 g/mol. The topological polar surface area (TPSA) is 49.4 Å². The summed E-state index contributed by atoms with van der Waals surface area (Å²) in [4.78, 5) is 19.0. The fourth-order valence-electron chi connectivity index (χ4n) is 6.94. The van der Waals surface area contributed by atoms with Gasteiger partial charge in [0.15, 0.2) is 11.7 Å². The molecule has 2 aliphatic rings. The summed E-state index contributed by atoms with van der Waals surface area (Å²) in [5.41, 5.74) is 10.8. The molecule has 7 rings (SSSR count). The minimum atomic E-state index is -0.501. The lowest BCUT2D eigenvalue weighted by atomic mass is 9.72. The Morgan fingerprint density at radius 3 is 2.18 bits per heavy atom. The standard InChI is InChI=1S/C48H40N4.C3H6/c1-3-32-50-33-16-31-48(41-21-12-7-13-22-41)44-24-15-14-23-42(44)43-30-25-36(34-45(43)48)35-51-47(39-19-8-4-5-9-20-39)52-46(49-2)40-28-26-38(27-29-40)37-17-10-6-11-18-37;1-3-2/h3-4,6-34H,2,5,35H2,1H3;3H,1H2,2H3/b31-16+,32-3-,50-33-,51-47?,52-46?;. The molecule has 0 aliphatic heterocycles. The van der Waals surface area contributed by atoms with Crippen molar-refractivity contribution in [2.45, 2.75) is 32.2 Å². The third-order valence-electron chi connectivity index (χ3n) is 9.40. The van der Waals surface area contributed by atoms with Gasteiger partial charge in [0.25, 0.3) is 0 Å². The number of fused-ring (bicyclic) bond motifs is 3. The van der Waals surface area contributed by atoms with Crippen LogP contribution in [0.15, 0.2) is 220 Å². The van der Waals surface area contributed by atoms with Crippen LogP contribution in [-0.4, -0.2) is 24.6 Å². The van der Waals surface area contributed by atoms with Crippen molar-refractivity contribution in [3.05, 3.63) is 228 Å². The Hall–Kier alpha value is -6.78. The van der Waals surface area contributed by atoms with Gasteiger partial charge in [-0.15, -0.1) is 6.58 Å². The van der Waals surface area contributed by atoms with E-state index in [1.54, 1.807) is 12.3 Å². The largest absolute Gasteiger partial charge is 0.265 e. The molecule has 5 aromatic rings. The Morgan fingerprint density at radius 1 is 0.745 bits per heavy atom. The molecule has 4 heteroatoms. The Bertz CT molecular complexity index is 2350. The summed E-state index contributed by atoms with van der Waals surface area (Å²) in [6.07, 6.45) is 23.0. The van der Waals surface area contributed by atoms with E-state index in [2.05, 4.69) is 163 Å². The third kappa shape index (κ3) is 8.72. The number of allylic oxidation sites excluding steroid dienone is 8. The van der Waals surface area contributed by atoms with Gasteiger partial charge in [0.1, 0.15) is 0 Å². The molecule has 5 aromatic carbocycles. The van der Waals surface area contributed by atoms with Crippen LogP contribution in [0.5, 0.6) is 0 Å². The van der Waals surface area contributed by atoms with E-state index in [9.17, 15) is 0 Å². The zero-order chi connectivity index (χ0) is 38.3. The highest BCUT2D eigenvalue weighted by molar-refractivity contribution is 6.13. The third-order valence-corrected chi connectivity index (χ3v) is 9.40. The van der Waals surface area contributed by atoms with Crippen molar-refractivity contribution in [1.29, 1.82) is 0 Å². The fraction of sp³-hybridized carbons (Fsp3) is 0.0980. The lowest BCUT2D eigenvalue weighted by Gasteiger charge is -2.30. The van der Waals surface area contributed by atoms with Crippen LogP contribution in [-0.2, 0) is 12.0 Å². The van der Waals surface area contributed by atoms with Gasteiger partial charge in [0, 0.05) is 23.6 Å². The van der Waals surface area contributed by atoms with Crippen LogP contribution in [0.2, 0.25) is 0 Å². The van der Waals surface area contributed by atoms with Crippen molar-refractivity contribution >= 4 is 24.6 Å². The first-order valence-corrected chi connectivity index (χ1v) is 18.6. The van der Waals surface area contributed by atoms with Crippen molar-refractivity contribution in [2.24, 2.45) is 20.0 Å². The zero-order valence-corrected chi connectivity index (χ0v) is 31.6. The summed E-state index contributed by atoms with van der Waals surface area (Å²) < 4.78 is 0. The van der Waals surface area contributed by atoms with E-state index >= 15 is 0 Å². The minimum Gasteiger partial charge on any atom is -0.265 e. The van der Waals surface area contributed by atoms with Crippen LogP contribution in [0.1, 0.15) is 48.1 Å². The predicted octanol–water partition coefficient (Wildman–Crippen LogP) is 12.5. The molecule has 4 nitrogen and oxygen atoms in total. The molecule has 0 saturated carbocycles. The second kappa shape index (κ2) is 18.8. The molecule has 1 atom stereocenters. The van der Waals surface area contributed by atoms with E-state index in [0.717, 1.165) is 34.2 Å². The van der Waals surface area contributed by atoms with Gasteiger partial charge in [-0.25, -0.2) is 9.98 Å². The monoisotopic (exact) mass is 714 g/mol. The highest BCUT2D eigenvalue weighted by atomic mass is 15.0. The van der Waals surface area contributed by atoms with Crippen molar-refractivity contribution in [2.75, 3.05) is 0 Å². The zero-order valence-electron chi connectivity index (χ0n) is 31.6. The average Bonchev–Trinajstić information content (AvgIpc) is 3.35. The number of hydrogen-bond acceptors (Lipinski definition) is 2. The van der Waals surface area contributed by atoms with Gasteiger partial charge in [0.2, 0.25) is 0 Å². The van der Waals surface area contributed by atoms with Crippen molar-refractivity contribution in [3.63, 3.8) is 0 Å². The lowest BCUT2D eigenvalue weighted by molar-refractivity contribution is 0.802. The number of amidine groups is 2. The van der Waals surface area contributed by atoms with E-state index < -0.39 is 5.41 Å². The lowest BCUT2D eigenvalue weighted by Crippen LogP contribution is -2.24. The number of aliphatic imine (C=N–C) groups is 4. The van der Waals surface area contributed by atoms with E-state index in [-0.39, 0.29) is 0 Å². The van der Waals surface area contributed by atoms with Gasteiger partial charge in [-0.1, -0.05) is 176 Å². The van der Waals surface area contributed by atoms with Crippen molar-refractivity contribution in [3.8, 4) is 22.3 Å².